The minimum Gasteiger partial charge on any atom is -0.441 e. The SMILES string of the molecule is Fc1cc(Cl)ccc1C(Cl)Cc1nc2ccccc2o1. The monoisotopic (exact) mass is 309 g/mol. The zero-order chi connectivity index (χ0) is 14.1. The number of hydrogen-bond donors (Lipinski definition) is 0. The second-order valence-electron chi connectivity index (χ2n) is 4.41. The van der Waals surface area contributed by atoms with Crippen molar-refractivity contribution in [2.45, 2.75) is 11.8 Å². The molecule has 0 aliphatic heterocycles. The molecule has 5 heteroatoms. The Balaban J connectivity index is 1.86. The first-order chi connectivity index (χ1) is 9.63. The minimum atomic E-state index is -0.555. The third kappa shape index (κ3) is 2.65. The fourth-order valence-electron chi connectivity index (χ4n) is 2.03. The summed E-state index contributed by atoms with van der Waals surface area (Å²) in [6.45, 7) is 0. The van der Waals surface area contributed by atoms with Gasteiger partial charge in [-0.3, -0.25) is 0 Å². The van der Waals surface area contributed by atoms with E-state index in [4.69, 9.17) is 27.6 Å². The van der Waals surface area contributed by atoms with Crippen LogP contribution in [0.25, 0.3) is 11.1 Å². The lowest BCUT2D eigenvalue weighted by atomic mass is 10.1. The zero-order valence-electron chi connectivity index (χ0n) is 10.3. The van der Waals surface area contributed by atoms with E-state index in [1.807, 2.05) is 24.3 Å². The van der Waals surface area contributed by atoms with Crippen LogP contribution in [0.4, 0.5) is 4.39 Å². The maximum atomic E-state index is 13.8. The third-order valence-electron chi connectivity index (χ3n) is 2.99. The number of aromatic nitrogens is 1. The van der Waals surface area contributed by atoms with E-state index in [9.17, 15) is 4.39 Å². The van der Waals surface area contributed by atoms with Gasteiger partial charge >= 0.3 is 0 Å². The molecular weight excluding hydrogens is 300 g/mol. The first-order valence-corrected chi connectivity index (χ1v) is 6.88. The third-order valence-corrected chi connectivity index (χ3v) is 3.62. The number of nitrogens with zero attached hydrogens (tertiary/aromatic N) is 1. The predicted molar refractivity (Wildman–Crippen MR) is 77.7 cm³/mol. The van der Waals surface area contributed by atoms with Crippen LogP contribution >= 0.6 is 23.2 Å². The van der Waals surface area contributed by atoms with E-state index in [0.717, 1.165) is 5.52 Å². The summed E-state index contributed by atoms with van der Waals surface area (Å²) in [5.41, 5.74) is 1.85. The van der Waals surface area contributed by atoms with Gasteiger partial charge in [-0.25, -0.2) is 9.37 Å². The summed E-state index contributed by atoms with van der Waals surface area (Å²) in [7, 11) is 0. The van der Waals surface area contributed by atoms with E-state index in [2.05, 4.69) is 4.98 Å². The quantitative estimate of drug-likeness (QED) is 0.626. The Bertz CT molecular complexity index is 723. The van der Waals surface area contributed by atoms with Crippen molar-refractivity contribution in [3.63, 3.8) is 0 Å². The summed E-state index contributed by atoms with van der Waals surface area (Å²) in [6.07, 6.45) is 0.314. The lowest BCUT2D eigenvalue weighted by Gasteiger charge is -2.08. The normalized spacial score (nSPS) is 12.8. The molecule has 3 rings (SSSR count). The van der Waals surface area contributed by atoms with Crippen molar-refractivity contribution in [1.82, 2.24) is 4.98 Å². The molecule has 1 heterocycles. The fraction of sp³-hybridized carbons (Fsp3) is 0.133. The molecule has 0 saturated heterocycles. The lowest BCUT2D eigenvalue weighted by Crippen LogP contribution is -1.99. The van der Waals surface area contributed by atoms with Crippen molar-refractivity contribution < 1.29 is 8.81 Å². The van der Waals surface area contributed by atoms with Crippen molar-refractivity contribution in [2.24, 2.45) is 0 Å². The van der Waals surface area contributed by atoms with Crippen LogP contribution in [-0.2, 0) is 6.42 Å². The Hall–Kier alpha value is -1.58. The number of para-hydroxylation sites is 2. The van der Waals surface area contributed by atoms with Crippen LogP contribution in [0.1, 0.15) is 16.8 Å². The molecule has 0 N–H and O–H groups in total. The highest BCUT2D eigenvalue weighted by molar-refractivity contribution is 6.30. The number of rotatable bonds is 3. The Labute approximate surface area is 125 Å². The van der Waals surface area contributed by atoms with Crippen LogP contribution in [0, 0.1) is 5.82 Å². The Morgan fingerprint density at radius 2 is 2.00 bits per heavy atom. The topological polar surface area (TPSA) is 26.0 Å². The summed E-state index contributed by atoms with van der Waals surface area (Å²) in [5, 5.41) is -0.211. The van der Waals surface area contributed by atoms with E-state index >= 15 is 0 Å². The van der Waals surface area contributed by atoms with E-state index in [1.165, 1.54) is 6.07 Å². The van der Waals surface area contributed by atoms with Crippen molar-refractivity contribution in [1.29, 1.82) is 0 Å². The number of oxazole rings is 1. The van der Waals surface area contributed by atoms with Gasteiger partial charge in [-0.05, 0) is 24.3 Å². The van der Waals surface area contributed by atoms with E-state index < -0.39 is 11.2 Å². The number of hydrogen-bond acceptors (Lipinski definition) is 2. The van der Waals surface area contributed by atoms with Crippen molar-refractivity contribution in [3.05, 3.63) is 64.8 Å². The van der Waals surface area contributed by atoms with Gasteiger partial charge in [0.1, 0.15) is 11.3 Å². The summed E-state index contributed by atoms with van der Waals surface area (Å²) in [6, 6.07) is 11.9. The van der Waals surface area contributed by atoms with Crippen LogP contribution in [-0.4, -0.2) is 4.98 Å². The largest absolute Gasteiger partial charge is 0.441 e. The van der Waals surface area contributed by atoms with Crippen LogP contribution in [0.5, 0.6) is 0 Å². The van der Waals surface area contributed by atoms with Gasteiger partial charge in [0.2, 0.25) is 0 Å². The first kappa shape index (κ1) is 13.4. The summed E-state index contributed by atoms with van der Waals surface area (Å²) < 4.78 is 19.4. The van der Waals surface area contributed by atoms with Crippen LogP contribution < -0.4 is 0 Å². The molecule has 20 heavy (non-hydrogen) atoms. The average Bonchev–Trinajstić information content (AvgIpc) is 2.80. The number of benzene rings is 2. The Morgan fingerprint density at radius 3 is 2.75 bits per heavy atom. The van der Waals surface area contributed by atoms with Gasteiger partial charge in [-0.15, -0.1) is 11.6 Å². The highest BCUT2D eigenvalue weighted by atomic mass is 35.5. The molecule has 0 amide bonds. The summed E-state index contributed by atoms with van der Waals surface area (Å²) >= 11 is 12.0. The molecule has 102 valence electrons. The molecule has 2 nitrogen and oxygen atoms in total. The van der Waals surface area contributed by atoms with Gasteiger partial charge < -0.3 is 4.42 Å². The van der Waals surface area contributed by atoms with E-state index in [1.54, 1.807) is 12.1 Å². The second kappa shape index (κ2) is 5.43. The predicted octanol–water partition coefficient (Wildman–Crippen LogP) is 5.14. The molecule has 2 aromatic carbocycles. The maximum absolute atomic E-state index is 13.8. The average molecular weight is 310 g/mol. The standard InChI is InChI=1S/C15H10Cl2FNO/c16-9-5-6-10(12(18)7-9)11(17)8-15-19-13-3-1-2-4-14(13)20-15/h1-7,11H,8H2. The lowest BCUT2D eigenvalue weighted by molar-refractivity contribution is 0.519. The van der Waals surface area contributed by atoms with Crippen molar-refractivity contribution in [3.8, 4) is 0 Å². The van der Waals surface area contributed by atoms with Gasteiger partial charge in [-0.1, -0.05) is 29.8 Å². The van der Waals surface area contributed by atoms with Crippen LogP contribution in [0.15, 0.2) is 46.9 Å². The highest BCUT2D eigenvalue weighted by Gasteiger charge is 2.17. The molecule has 1 aromatic heterocycles. The molecule has 3 aromatic rings. The number of halogens is 3. The molecule has 0 bridgehead atoms. The van der Waals surface area contributed by atoms with E-state index in [-0.39, 0.29) is 0 Å². The molecule has 0 aliphatic rings. The summed E-state index contributed by atoms with van der Waals surface area (Å²) in [4.78, 5) is 4.33. The Morgan fingerprint density at radius 1 is 1.20 bits per heavy atom. The molecule has 0 spiro atoms. The second-order valence-corrected chi connectivity index (χ2v) is 5.38. The molecule has 1 atom stereocenters. The Kier molecular flexibility index (Phi) is 3.64. The highest BCUT2D eigenvalue weighted by Crippen LogP contribution is 2.29. The summed E-state index contributed by atoms with van der Waals surface area (Å²) in [5.74, 6) is 0.0640. The fourth-order valence-corrected chi connectivity index (χ4v) is 2.49. The smallest absolute Gasteiger partial charge is 0.197 e. The van der Waals surface area contributed by atoms with E-state index in [0.29, 0.717) is 28.5 Å². The van der Waals surface area contributed by atoms with Crippen molar-refractivity contribution >= 4 is 34.3 Å². The minimum absolute atomic E-state index is 0.314. The van der Waals surface area contributed by atoms with Gasteiger partial charge in [0.25, 0.3) is 0 Å². The first-order valence-electron chi connectivity index (χ1n) is 6.07. The van der Waals surface area contributed by atoms with Crippen molar-refractivity contribution in [2.75, 3.05) is 0 Å². The zero-order valence-corrected chi connectivity index (χ0v) is 11.8. The molecule has 0 fully saturated rings. The number of fused-ring (bicyclic) bond motifs is 1. The molecule has 1 unspecified atom stereocenters. The number of alkyl halides is 1. The van der Waals surface area contributed by atoms with Gasteiger partial charge in [0.05, 0.1) is 5.38 Å². The molecular formula is C15H10Cl2FNO. The molecule has 0 aliphatic carbocycles. The van der Waals surface area contributed by atoms with Gasteiger partial charge in [-0.2, -0.15) is 0 Å². The van der Waals surface area contributed by atoms with Gasteiger partial charge in [0, 0.05) is 17.0 Å². The van der Waals surface area contributed by atoms with Crippen LogP contribution in [0.2, 0.25) is 5.02 Å². The van der Waals surface area contributed by atoms with Crippen LogP contribution in [0.3, 0.4) is 0 Å². The van der Waals surface area contributed by atoms with Gasteiger partial charge in [0.15, 0.2) is 11.5 Å². The maximum Gasteiger partial charge on any atom is 0.197 e. The molecule has 0 radical (unpaired) electrons. The molecule has 0 saturated carbocycles.